The smallest absolute Gasteiger partial charge is 0.337 e. The second kappa shape index (κ2) is 17.8. The number of ether oxygens (including phenoxy) is 3. The molecule has 10 nitrogen and oxygen atoms in total. The molecule has 45 heavy (non-hydrogen) atoms. The summed E-state index contributed by atoms with van der Waals surface area (Å²) in [6.07, 6.45) is 0.189. The molecule has 240 valence electrons. The van der Waals surface area contributed by atoms with Gasteiger partial charge in [0, 0.05) is 13.1 Å². The number of benzene rings is 4. The predicted molar refractivity (Wildman–Crippen MR) is 177 cm³/mol. The summed E-state index contributed by atoms with van der Waals surface area (Å²) in [5, 5.41) is 16.6. The minimum Gasteiger partial charge on any atom is -0.492 e. The Morgan fingerprint density at radius 3 is 2.09 bits per heavy atom. The first-order valence-corrected chi connectivity index (χ1v) is 16.2. The highest BCUT2D eigenvalue weighted by atomic mass is 32.2. The van der Waals surface area contributed by atoms with E-state index in [1.807, 2.05) is 80.8 Å². The quantitative estimate of drug-likeness (QED) is 0.116. The van der Waals surface area contributed by atoms with Crippen LogP contribution in [0.5, 0.6) is 11.5 Å². The SMILES string of the molecule is CNC.COC(=O)c1ccc(-c2ccc(OCCNCC(O)c3ccc(OCc4ccccc4)c(NS(C)(=O)=O)c3)cc2)cc1. The van der Waals surface area contributed by atoms with Crippen LogP contribution in [0, 0.1) is 0 Å². The van der Waals surface area contributed by atoms with Gasteiger partial charge in [-0.2, -0.15) is 0 Å². The van der Waals surface area contributed by atoms with Crippen molar-refractivity contribution in [1.29, 1.82) is 0 Å². The fourth-order valence-corrected chi connectivity index (χ4v) is 4.71. The Morgan fingerprint density at radius 1 is 0.867 bits per heavy atom. The van der Waals surface area contributed by atoms with Crippen molar-refractivity contribution in [2.45, 2.75) is 12.7 Å². The molecule has 0 aliphatic carbocycles. The van der Waals surface area contributed by atoms with Gasteiger partial charge in [0.1, 0.15) is 24.7 Å². The summed E-state index contributed by atoms with van der Waals surface area (Å²) >= 11 is 0. The Morgan fingerprint density at radius 2 is 1.49 bits per heavy atom. The van der Waals surface area contributed by atoms with E-state index >= 15 is 0 Å². The van der Waals surface area contributed by atoms with Crippen LogP contribution < -0.4 is 24.8 Å². The third-order valence-corrected chi connectivity index (χ3v) is 6.89. The fraction of sp³-hybridized carbons (Fsp3) is 0.265. The number of aliphatic hydroxyl groups excluding tert-OH is 1. The average molecular weight is 636 g/mol. The van der Waals surface area contributed by atoms with Gasteiger partial charge >= 0.3 is 5.97 Å². The number of methoxy groups -OCH3 is 1. The van der Waals surface area contributed by atoms with E-state index in [1.165, 1.54) is 7.11 Å². The molecule has 0 aromatic heterocycles. The summed E-state index contributed by atoms with van der Waals surface area (Å²) in [5.41, 5.74) is 4.19. The predicted octanol–water partition coefficient (Wildman–Crippen LogP) is 4.63. The van der Waals surface area contributed by atoms with Crippen molar-refractivity contribution in [2.24, 2.45) is 0 Å². The normalized spacial score (nSPS) is 11.5. The Kier molecular flexibility index (Phi) is 13.8. The van der Waals surface area contributed by atoms with E-state index in [0.717, 1.165) is 22.9 Å². The highest BCUT2D eigenvalue weighted by Gasteiger charge is 2.15. The molecule has 4 rings (SSSR count). The van der Waals surface area contributed by atoms with E-state index < -0.39 is 16.1 Å². The van der Waals surface area contributed by atoms with Crippen molar-refractivity contribution in [3.8, 4) is 22.6 Å². The highest BCUT2D eigenvalue weighted by Crippen LogP contribution is 2.30. The number of esters is 1. The van der Waals surface area contributed by atoms with Crippen molar-refractivity contribution in [1.82, 2.24) is 10.6 Å². The lowest BCUT2D eigenvalue weighted by Gasteiger charge is -2.17. The summed E-state index contributed by atoms with van der Waals surface area (Å²) in [7, 11) is 1.54. The first-order valence-electron chi connectivity index (χ1n) is 14.3. The zero-order valence-corrected chi connectivity index (χ0v) is 26.8. The van der Waals surface area contributed by atoms with E-state index in [4.69, 9.17) is 14.2 Å². The maximum Gasteiger partial charge on any atom is 0.337 e. The third kappa shape index (κ3) is 11.9. The maximum atomic E-state index is 11.9. The molecular formula is C34H41N3O7S. The molecule has 0 saturated carbocycles. The molecule has 0 heterocycles. The second-order valence-corrected chi connectivity index (χ2v) is 11.8. The molecule has 0 spiro atoms. The number of anilines is 1. The molecule has 0 saturated heterocycles. The summed E-state index contributed by atoms with van der Waals surface area (Å²) in [4.78, 5) is 11.6. The van der Waals surface area contributed by atoms with Crippen LogP contribution in [-0.2, 0) is 21.4 Å². The first-order chi connectivity index (χ1) is 21.6. The van der Waals surface area contributed by atoms with Gasteiger partial charge in [-0.05, 0) is 72.7 Å². The molecular weight excluding hydrogens is 594 g/mol. The number of hydrogen-bond donors (Lipinski definition) is 4. The van der Waals surface area contributed by atoms with Gasteiger partial charge in [0.05, 0.1) is 30.7 Å². The van der Waals surface area contributed by atoms with E-state index in [1.54, 1.807) is 30.3 Å². The Labute approximate surface area is 265 Å². The van der Waals surface area contributed by atoms with Gasteiger partial charge in [-0.1, -0.05) is 60.7 Å². The molecule has 4 N–H and O–H groups in total. The van der Waals surface area contributed by atoms with Crippen LogP contribution in [0.4, 0.5) is 5.69 Å². The summed E-state index contributed by atoms with van der Waals surface area (Å²) in [6, 6.07) is 29.3. The lowest BCUT2D eigenvalue weighted by molar-refractivity contribution is 0.0600. The van der Waals surface area contributed by atoms with Crippen LogP contribution in [0.1, 0.15) is 27.6 Å². The average Bonchev–Trinajstić information content (AvgIpc) is 3.04. The zero-order valence-electron chi connectivity index (χ0n) is 25.9. The van der Waals surface area contributed by atoms with Gasteiger partial charge in [0.2, 0.25) is 10.0 Å². The Balaban J connectivity index is 0.00000177. The fourth-order valence-electron chi connectivity index (χ4n) is 4.15. The lowest BCUT2D eigenvalue weighted by atomic mass is 10.0. The number of rotatable bonds is 14. The van der Waals surface area contributed by atoms with E-state index in [-0.39, 0.29) is 24.8 Å². The number of sulfonamides is 1. The van der Waals surface area contributed by atoms with Crippen LogP contribution in [-0.4, -0.2) is 66.7 Å². The number of carbonyl (C=O) groups excluding carboxylic acids is 1. The van der Waals surface area contributed by atoms with Crippen molar-refractivity contribution < 1.29 is 32.5 Å². The van der Waals surface area contributed by atoms with E-state index in [2.05, 4.69) is 15.4 Å². The molecule has 11 heteroatoms. The lowest BCUT2D eigenvalue weighted by Crippen LogP contribution is -2.26. The molecule has 0 aliphatic heterocycles. The van der Waals surface area contributed by atoms with Gasteiger partial charge < -0.3 is 30.0 Å². The van der Waals surface area contributed by atoms with Crippen LogP contribution >= 0.6 is 0 Å². The van der Waals surface area contributed by atoms with Gasteiger partial charge in [-0.15, -0.1) is 0 Å². The minimum absolute atomic E-state index is 0.242. The van der Waals surface area contributed by atoms with E-state index in [0.29, 0.717) is 35.8 Å². The topological polar surface area (TPSA) is 135 Å². The van der Waals surface area contributed by atoms with Crippen molar-refractivity contribution >= 4 is 21.7 Å². The van der Waals surface area contributed by atoms with Gasteiger partial charge in [-0.25, -0.2) is 13.2 Å². The molecule has 0 aliphatic rings. The van der Waals surface area contributed by atoms with E-state index in [9.17, 15) is 18.3 Å². The Bertz CT molecular complexity index is 1580. The zero-order chi connectivity index (χ0) is 32.7. The van der Waals surface area contributed by atoms with Crippen LogP contribution in [0.3, 0.4) is 0 Å². The third-order valence-electron chi connectivity index (χ3n) is 6.30. The molecule has 4 aromatic rings. The number of hydrogen-bond acceptors (Lipinski definition) is 9. The van der Waals surface area contributed by atoms with Gasteiger partial charge in [0.25, 0.3) is 0 Å². The molecule has 0 fully saturated rings. The van der Waals surface area contributed by atoms with Crippen LogP contribution in [0.25, 0.3) is 11.1 Å². The number of nitrogens with one attached hydrogen (secondary N) is 3. The molecule has 1 atom stereocenters. The summed E-state index contributed by atoms with van der Waals surface area (Å²) in [6.45, 7) is 1.38. The highest BCUT2D eigenvalue weighted by molar-refractivity contribution is 7.92. The first kappa shape index (κ1) is 35.1. The van der Waals surface area contributed by atoms with Crippen LogP contribution in [0.2, 0.25) is 0 Å². The molecule has 0 bridgehead atoms. The summed E-state index contributed by atoms with van der Waals surface area (Å²) in [5.74, 6) is 0.697. The summed E-state index contributed by atoms with van der Waals surface area (Å²) < 4.78 is 42.7. The molecule has 4 aromatic carbocycles. The second-order valence-electron chi connectivity index (χ2n) is 10.1. The monoisotopic (exact) mass is 635 g/mol. The molecule has 0 amide bonds. The van der Waals surface area contributed by atoms with Crippen molar-refractivity contribution in [3.05, 3.63) is 114 Å². The minimum atomic E-state index is -3.56. The van der Waals surface area contributed by atoms with Crippen molar-refractivity contribution in [2.75, 3.05) is 51.9 Å². The van der Waals surface area contributed by atoms with Crippen LogP contribution in [0.15, 0.2) is 97.1 Å². The number of aliphatic hydroxyl groups is 1. The molecule has 0 radical (unpaired) electrons. The standard InChI is InChI=1S/C32H34N2O7S.C2H7N/c1-39-32(36)26-10-8-24(9-11-26)25-12-15-28(16-13-25)40-19-18-33-21-30(35)27-14-17-31(29(20-27)34-42(2,37)38)41-22-23-6-4-3-5-7-23;1-3-2/h3-17,20,30,33-35H,18-19,21-22H2,1-2H3;3H,1-2H3. The number of carbonyl (C=O) groups is 1. The maximum absolute atomic E-state index is 11.9. The Hall–Kier alpha value is -4.42. The van der Waals surface area contributed by atoms with Gasteiger partial charge in [0.15, 0.2) is 0 Å². The van der Waals surface area contributed by atoms with Crippen molar-refractivity contribution in [3.63, 3.8) is 0 Å². The molecule has 1 unspecified atom stereocenters. The largest absolute Gasteiger partial charge is 0.492 e. The van der Waals surface area contributed by atoms with Gasteiger partial charge in [-0.3, -0.25) is 4.72 Å².